The number of aryl methyl sites for hydroxylation is 3. The normalized spacial score (nSPS) is 12.6. The summed E-state index contributed by atoms with van der Waals surface area (Å²) in [5.74, 6) is 0. The van der Waals surface area contributed by atoms with Gasteiger partial charge >= 0.3 is 0 Å². The highest BCUT2D eigenvalue weighted by molar-refractivity contribution is 5.31. The molecule has 1 heterocycles. The molecule has 0 aliphatic rings. The third-order valence-electron chi connectivity index (χ3n) is 3.34. The number of benzene rings is 1. The summed E-state index contributed by atoms with van der Waals surface area (Å²) in [6.07, 6.45) is 1.12. The second-order valence-corrected chi connectivity index (χ2v) is 5.13. The van der Waals surface area contributed by atoms with Crippen molar-refractivity contribution in [3.05, 3.63) is 52.8 Å². The van der Waals surface area contributed by atoms with Gasteiger partial charge in [-0.05, 0) is 38.4 Å². The number of nitrogens with zero attached hydrogens (tertiary/aromatic N) is 2. The van der Waals surface area contributed by atoms with Gasteiger partial charge in [0.15, 0.2) is 0 Å². The topological polar surface area (TPSA) is 29.9 Å². The van der Waals surface area contributed by atoms with E-state index in [-0.39, 0.29) is 6.04 Å². The van der Waals surface area contributed by atoms with Crippen molar-refractivity contribution in [3.8, 4) is 0 Å². The largest absolute Gasteiger partial charge is 0.305 e. The van der Waals surface area contributed by atoms with Crippen LogP contribution in [0.15, 0.2) is 30.3 Å². The van der Waals surface area contributed by atoms with E-state index in [1.807, 2.05) is 18.7 Å². The van der Waals surface area contributed by atoms with Gasteiger partial charge in [0.2, 0.25) is 0 Å². The zero-order valence-corrected chi connectivity index (χ0v) is 12.3. The number of hydrogen-bond donors (Lipinski definition) is 1. The fourth-order valence-corrected chi connectivity index (χ4v) is 2.34. The summed E-state index contributed by atoms with van der Waals surface area (Å²) >= 11 is 0. The number of nitrogens with one attached hydrogen (secondary N) is 1. The highest BCUT2D eigenvalue weighted by atomic mass is 15.3. The zero-order valence-electron chi connectivity index (χ0n) is 12.3. The zero-order chi connectivity index (χ0) is 13.8. The van der Waals surface area contributed by atoms with Crippen LogP contribution < -0.4 is 5.32 Å². The molecule has 0 spiro atoms. The molecule has 1 aromatic heterocycles. The Hall–Kier alpha value is -1.61. The van der Waals surface area contributed by atoms with E-state index in [2.05, 4.69) is 54.6 Å². The summed E-state index contributed by atoms with van der Waals surface area (Å²) in [6.45, 7) is 7.35. The molecule has 1 unspecified atom stereocenters. The second kappa shape index (κ2) is 6.02. The van der Waals surface area contributed by atoms with Crippen molar-refractivity contribution in [2.45, 2.75) is 33.2 Å². The van der Waals surface area contributed by atoms with Crippen LogP contribution in [0, 0.1) is 13.8 Å². The van der Waals surface area contributed by atoms with E-state index in [0.717, 1.165) is 18.7 Å². The standard InChI is InChI=1S/C16H23N3/c1-5-10-17-16(14-8-6-12(2)7-9-14)15-11-13(3)18-19(15)4/h6-9,11,16-17H,5,10H2,1-4H3. The first-order valence-electron chi connectivity index (χ1n) is 6.92. The van der Waals surface area contributed by atoms with Gasteiger partial charge in [-0.1, -0.05) is 36.8 Å². The van der Waals surface area contributed by atoms with Crippen LogP contribution >= 0.6 is 0 Å². The summed E-state index contributed by atoms with van der Waals surface area (Å²) in [6, 6.07) is 11.1. The molecule has 102 valence electrons. The van der Waals surface area contributed by atoms with Crippen molar-refractivity contribution in [1.82, 2.24) is 15.1 Å². The van der Waals surface area contributed by atoms with Crippen LogP contribution in [0.25, 0.3) is 0 Å². The third kappa shape index (κ3) is 3.24. The minimum absolute atomic E-state index is 0.215. The Kier molecular flexibility index (Phi) is 4.38. The van der Waals surface area contributed by atoms with Crippen LogP contribution in [0.3, 0.4) is 0 Å². The predicted molar refractivity (Wildman–Crippen MR) is 79.3 cm³/mol. The van der Waals surface area contributed by atoms with Gasteiger partial charge in [0.1, 0.15) is 0 Å². The first-order chi connectivity index (χ1) is 9.11. The average Bonchev–Trinajstić information content (AvgIpc) is 2.71. The first-order valence-corrected chi connectivity index (χ1v) is 6.92. The molecular formula is C16H23N3. The molecule has 0 saturated carbocycles. The summed E-state index contributed by atoms with van der Waals surface area (Å²) in [4.78, 5) is 0. The molecular weight excluding hydrogens is 234 g/mol. The Labute approximate surface area is 115 Å². The smallest absolute Gasteiger partial charge is 0.0748 e. The van der Waals surface area contributed by atoms with Gasteiger partial charge in [0, 0.05) is 7.05 Å². The molecule has 2 aromatic rings. The molecule has 0 saturated heterocycles. The van der Waals surface area contributed by atoms with Crippen LogP contribution in [0.5, 0.6) is 0 Å². The molecule has 1 N–H and O–H groups in total. The molecule has 0 amide bonds. The van der Waals surface area contributed by atoms with E-state index in [0.29, 0.717) is 0 Å². The summed E-state index contributed by atoms with van der Waals surface area (Å²) in [7, 11) is 2.01. The molecule has 3 heteroatoms. The maximum Gasteiger partial charge on any atom is 0.0748 e. The molecule has 0 aliphatic heterocycles. The van der Waals surface area contributed by atoms with Gasteiger partial charge in [-0.3, -0.25) is 4.68 Å². The second-order valence-electron chi connectivity index (χ2n) is 5.13. The van der Waals surface area contributed by atoms with E-state index in [4.69, 9.17) is 0 Å². The minimum atomic E-state index is 0.215. The first kappa shape index (κ1) is 13.8. The van der Waals surface area contributed by atoms with Gasteiger partial charge in [0.25, 0.3) is 0 Å². The number of aromatic nitrogens is 2. The van der Waals surface area contributed by atoms with Crippen LogP contribution in [-0.4, -0.2) is 16.3 Å². The molecule has 1 atom stereocenters. The minimum Gasteiger partial charge on any atom is -0.305 e. The van der Waals surface area contributed by atoms with E-state index < -0.39 is 0 Å². The summed E-state index contributed by atoms with van der Waals surface area (Å²) < 4.78 is 1.97. The van der Waals surface area contributed by atoms with Gasteiger partial charge in [0.05, 0.1) is 17.4 Å². The Morgan fingerprint density at radius 1 is 1.21 bits per heavy atom. The maximum absolute atomic E-state index is 4.46. The Bertz CT molecular complexity index is 525. The average molecular weight is 257 g/mol. The van der Waals surface area contributed by atoms with E-state index in [1.54, 1.807) is 0 Å². The summed E-state index contributed by atoms with van der Waals surface area (Å²) in [5.41, 5.74) is 4.86. The van der Waals surface area contributed by atoms with Crippen LogP contribution in [0.2, 0.25) is 0 Å². The molecule has 2 rings (SSSR count). The van der Waals surface area contributed by atoms with Crippen LogP contribution in [0.4, 0.5) is 0 Å². The van der Waals surface area contributed by atoms with Crippen LogP contribution in [-0.2, 0) is 7.05 Å². The third-order valence-corrected chi connectivity index (χ3v) is 3.34. The number of hydrogen-bond acceptors (Lipinski definition) is 2. The van der Waals surface area contributed by atoms with E-state index in [9.17, 15) is 0 Å². The van der Waals surface area contributed by atoms with Crippen molar-refractivity contribution in [2.24, 2.45) is 7.05 Å². The molecule has 0 fully saturated rings. The van der Waals surface area contributed by atoms with E-state index in [1.165, 1.54) is 16.8 Å². The Morgan fingerprint density at radius 2 is 1.89 bits per heavy atom. The fraction of sp³-hybridized carbons (Fsp3) is 0.438. The molecule has 19 heavy (non-hydrogen) atoms. The SMILES string of the molecule is CCCNC(c1ccc(C)cc1)c1cc(C)nn1C. The summed E-state index contributed by atoms with van der Waals surface area (Å²) in [5, 5.41) is 8.07. The molecule has 0 radical (unpaired) electrons. The molecule has 0 aliphatic carbocycles. The Morgan fingerprint density at radius 3 is 2.42 bits per heavy atom. The lowest BCUT2D eigenvalue weighted by molar-refractivity contribution is 0.553. The highest BCUT2D eigenvalue weighted by Crippen LogP contribution is 2.22. The van der Waals surface area contributed by atoms with Crippen LogP contribution in [0.1, 0.15) is 41.9 Å². The maximum atomic E-state index is 4.46. The molecule has 0 bridgehead atoms. The van der Waals surface area contributed by atoms with Gasteiger partial charge in [-0.25, -0.2) is 0 Å². The lowest BCUT2D eigenvalue weighted by Gasteiger charge is -2.19. The highest BCUT2D eigenvalue weighted by Gasteiger charge is 2.17. The quantitative estimate of drug-likeness (QED) is 0.892. The molecule has 1 aromatic carbocycles. The number of rotatable bonds is 5. The predicted octanol–water partition coefficient (Wildman–Crippen LogP) is 3.13. The van der Waals surface area contributed by atoms with Gasteiger partial charge in [-0.2, -0.15) is 5.10 Å². The molecule has 3 nitrogen and oxygen atoms in total. The van der Waals surface area contributed by atoms with E-state index >= 15 is 0 Å². The van der Waals surface area contributed by atoms with Crippen molar-refractivity contribution in [1.29, 1.82) is 0 Å². The van der Waals surface area contributed by atoms with Crippen molar-refractivity contribution in [3.63, 3.8) is 0 Å². The lowest BCUT2D eigenvalue weighted by atomic mass is 10.0. The van der Waals surface area contributed by atoms with Crippen molar-refractivity contribution >= 4 is 0 Å². The lowest BCUT2D eigenvalue weighted by Crippen LogP contribution is -2.25. The van der Waals surface area contributed by atoms with Crippen molar-refractivity contribution in [2.75, 3.05) is 6.54 Å². The Balaban J connectivity index is 2.35. The van der Waals surface area contributed by atoms with Crippen molar-refractivity contribution < 1.29 is 0 Å². The van der Waals surface area contributed by atoms with Gasteiger partial charge < -0.3 is 5.32 Å². The van der Waals surface area contributed by atoms with Gasteiger partial charge in [-0.15, -0.1) is 0 Å². The fourth-order valence-electron chi connectivity index (χ4n) is 2.34. The monoisotopic (exact) mass is 257 g/mol.